The van der Waals surface area contributed by atoms with Crippen LogP contribution in [0.25, 0.3) is 0 Å². The van der Waals surface area contributed by atoms with Gasteiger partial charge in [-0.25, -0.2) is 9.29 Å². The Morgan fingerprint density at radius 1 is 1.08 bits per heavy atom. The number of carbonyl (C=O) groups excluding carboxylic acids is 2. The van der Waals surface area contributed by atoms with E-state index in [0.717, 1.165) is 4.47 Å². The number of nitrogens with zero attached hydrogens (tertiary/aromatic N) is 2. The smallest absolute Gasteiger partial charge is 0.250 e. The van der Waals surface area contributed by atoms with Crippen LogP contribution in [0.3, 0.4) is 0 Å². The Morgan fingerprint density at radius 2 is 1.76 bits per heavy atom. The summed E-state index contributed by atoms with van der Waals surface area (Å²) in [4.78, 5) is 32.1. The van der Waals surface area contributed by atoms with E-state index in [1.807, 2.05) is 0 Å². The van der Waals surface area contributed by atoms with Crippen molar-refractivity contribution < 1.29 is 18.8 Å². The molecule has 1 spiro atoms. The lowest BCUT2D eigenvalue weighted by molar-refractivity contribution is -0.124. The lowest BCUT2D eigenvalue weighted by atomic mass is 9.79. The molecule has 0 aromatic heterocycles. The van der Waals surface area contributed by atoms with Crippen LogP contribution in [0.15, 0.2) is 58.2 Å². The van der Waals surface area contributed by atoms with Crippen LogP contribution >= 0.6 is 15.9 Å². The number of carbonyl (C=O) groups is 2. The normalized spacial score (nSPS) is 22.5. The van der Waals surface area contributed by atoms with E-state index in [0.29, 0.717) is 17.0 Å². The number of rotatable bonds is 2. The van der Waals surface area contributed by atoms with Gasteiger partial charge in [0.2, 0.25) is 11.8 Å². The summed E-state index contributed by atoms with van der Waals surface area (Å²) >= 11 is 3.33. The third-order valence-electron chi connectivity index (χ3n) is 4.44. The maximum Gasteiger partial charge on any atom is 0.250 e. The van der Waals surface area contributed by atoms with Gasteiger partial charge in [-0.15, -0.1) is 0 Å². The second-order valence-corrected chi connectivity index (χ2v) is 6.91. The summed E-state index contributed by atoms with van der Waals surface area (Å²) in [6.07, 6.45) is -0.0297. The van der Waals surface area contributed by atoms with Crippen molar-refractivity contribution in [1.29, 1.82) is 0 Å². The zero-order chi connectivity index (χ0) is 17.6. The number of amides is 2. The molecule has 0 N–H and O–H groups in total. The van der Waals surface area contributed by atoms with Gasteiger partial charge in [0.1, 0.15) is 23.6 Å². The Morgan fingerprint density at radius 3 is 2.44 bits per heavy atom. The molecule has 0 aliphatic carbocycles. The molecular formula is C18H12BrFN2O3. The van der Waals surface area contributed by atoms with E-state index < -0.39 is 5.41 Å². The Labute approximate surface area is 151 Å². The number of benzene rings is 2. The van der Waals surface area contributed by atoms with E-state index in [1.54, 1.807) is 24.3 Å². The largest absolute Gasteiger partial charge is 0.394 e. The summed E-state index contributed by atoms with van der Waals surface area (Å²) in [6, 6.07) is 12.6. The molecular weight excluding hydrogens is 391 g/mol. The standard InChI is InChI=1S/C18H12BrFN2O3/c19-12-3-7-14(8-4-12)22-15(23)9-18(17(22)24)10-25-21-16(18)11-1-5-13(20)6-2-11/h1-8H,9-10H2. The third-order valence-corrected chi connectivity index (χ3v) is 4.97. The average Bonchev–Trinajstić information content (AvgIpc) is 3.12. The van der Waals surface area contributed by atoms with Crippen molar-refractivity contribution in [2.24, 2.45) is 10.6 Å². The van der Waals surface area contributed by atoms with Crippen molar-refractivity contribution in [3.63, 3.8) is 0 Å². The van der Waals surface area contributed by atoms with Gasteiger partial charge in [-0.2, -0.15) is 0 Å². The molecule has 2 aromatic rings. The summed E-state index contributed by atoms with van der Waals surface area (Å²) < 4.78 is 14.0. The second-order valence-electron chi connectivity index (χ2n) is 5.99. The molecule has 1 saturated heterocycles. The van der Waals surface area contributed by atoms with Crippen LogP contribution < -0.4 is 4.90 Å². The van der Waals surface area contributed by atoms with Crippen molar-refractivity contribution >= 4 is 39.1 Å². The van der Waals surface area contributed by atoms with Gasteiger partial charge in [-0.1, -0.05) is 33.2 Å². The molecule has 1 unspecified atom stereocenters. The Balaban J connectivity index is 1.74. The molecule has 1 fully saturated rings. The van der Waals surface area contributed by atoms with Gasteiger partial charge >= 0.3 is 0 Å². The molecule has 1 atom stereocenters. The summed E-state index contributed by atoms with van der Waals surface area (Å²) in [5, 5.41) is 3.98. The van der Waals surface area contributed by atoms with Crippen molar-refractivity contribution in [3.05, 3.63) is 64.4 Å². The fraction of sp³-hybridized carbons (Fsp3) is 0.167. The number of halogens is 2. The fourth-order valence-corrected chi connectivity index (χ4v) is 3.45. The van der Waals surface area contributed by atoms with Gasteiger partial charge in [0, 0.05) is 10.0 Å². The van der Waals surface area contributed by atoms with Crippen LogP contribution in [0, 0.1) is 11.2 Å². The van der Waals surface area contributed by atoms with Crippen molar-refractivity contribution in [1.82, 2.24) is 0 Å². The molecule has 4 rings (SSSR count). The van der Waals surface area contributed by atoms with Gasteiger partial charge in [-0.3, -0.25) is 9.59 Å². The summed E-state index contributed by atoms with van der Waals surface area (Å²) in [6.45, 7) is -0.00267. The van der Waals surface area contributed by atoms with E-state index in [4.69, 9.17) is 4.84 Å². The van der Waals surface area contributed by atoms with E-state index in [2.05, 4.69) is 21.1 Å². The lowest BCUT2D eigenvalue weighted by Gasteiger charge is -2.21. The first-order valence-corrected chi connectivity index (χ1v) is 8.40. The average molecular weight is 403 g/mol. The molecule has 25 heavy (non-hydrogen) atoms. The van der Waals surface area contributed by atoms with E-state index >= 15 is 0 Å². The topological polar surface area (TPSA) is 59.0 Å². The van der Waals surface area contributed by atoms with Crippen LogP contribution in [-0.4, -0.2) is 24.1 Å². The zero-order valence-corrected chi connectivity index (χ0v) is 14.5. The van der Waals surface area contributed by atoms with Crippen LogP contribution in [0.1, 0.15) is 12.0 Å². The predicted molar refractivity (Wildman–Crippen MR) is 92.6 cm³/mol. The van der Waals surface area contributed by atoms with Crippen molar-refractivity contribution in [3.8, 4) is 0 Å². The maximum absolute atomic E-state index is 13.2. The number of hydrogen-bond acceptors (Lipinski definition) is 4. The summed E-state index contributed by atoms with van der Waals surface area (Å²) in [5.74, 6) is -1.07. The molecule has 126 valence electrons. The van der Waals surface area contributed by atoms with Gasteiger partial charge in [-0.05, 0) is 36.4 Å². The minimum absolute atomic E-state index is 0.00267. The number of oxime groups is 1. The Bertz CT molecular complexity index is 896. The quantitative estimate of drug-likeness (QED) is 0.724. The van der Waals surface area contributed by atoms with Crippen LogP contribution in [0.5, 0.6) is 0 Å². The summed E-state index contributed by atoms with van der Waals surface area (Å²) in [5.41, 5.74) is 0.269. The van der Waals surface area contributed by atoms with E-state index in [1.165, 1.54) is 29.2 Å². The van der Waals surface area contributed by atoms with Crippen LogP contribution in [0.4, 0.5) is 10.1 Å². The predicted octanol–water partition coefficient (Wildman–Crippen LogP) is 3.27. The fourth-order valence-electron chi connectivity index (χ4n) is 3.19. The number of imide groups is 1. The first-order valence-electron chi connectivity index (χ1n) is 7.61. The lowest BCUT2D eigenvalue weighted by Crippen LogP contribution is -2.41. The molecule has 5 nitrogen and oxygen atoms in total. The molecule has 2 heterocycles. The molecule has 2 amide bonds. The van der Waals surface area contributed by atoms with Gasteiger partial charge in [0.25, 0.3) is 0 Å². The Kier molecular flexibility index (Phi) is 3.68. The van der Waals surface area contributed by atoms with Crippen molar-refractivity contribution in [2.45, 2.75) is 6.42 Å². The highest BCUT2D eigenvalue weighted by atomic mass is 79.9. The van der Waals surface area contributed by atoms with Crippen molar-refractivity contribution in [2.75, 3.05) is 11.5 Å². The molecule has 0 bridgehead atoms. The molecule has 0 saturated carbocycles. The van der Waals surface area contributed by atoms with Gasteiger partial charge < -0.3 is 4.84 Å². The number of anilines is 1. The van der Waals surface area contributed by atoms with Crippen LogP contribution in [0.2, 0.25) is 0 Å². The minimum Gasteiger partial charge on any atom is -0.394 e. The molecule has 7 heteroatoms. The highest BCUT2D eigenvalue weighted by Gasteiger charge is 2.59. The van der Waals surface area contributed by atoms with Gasteiger partial charge in [0.15, 0.2) is 0 Å². The highest BCUT2D eigenvalue weighted by Crippen LogP contribution is 2.42. The maximum atomic E-state index is 13.2. The van der Waals surface area contributed by atoms with E-state index in [-0.39, 0.29) is 30.7 Å². The highest BCUT2D eigenvalue weighted by molar-refractivity contribution is 9.10. The first kappa shape index (κ1) is 16.0. The minimum atomic E-state index is -1.16. The molecule has 0 radical (unpaired) electrons. The molecule has 2 aliphatic heterocycles. The van der Waals surface area contributed by atoms with Gasteiger partial charge in [0.05, 0.1) is 12.1 Å². The first-order chi connectivity index (χ1) is 12.0. The SMILES string of the molecule is O=C1CC2(CON=C2c2ccc(F)cc2)C(=O)N1c1ccc(Br)cc1. The zero-order valence-electron chi connectivity index (χ0n) is 12.9. The second kappa shape index (κ2) is 5.77. The number of hydrogen-bond donors (Lipinski definition) is 0. The summed E-state index contributed by atoms with van der Waals surface area (Å²) in [7, 11) is 0. The van der Waals surface area contributed by atoms with Crippen LogP contribution in [-0.2, 0) is 14.4 Å². The Hall–Kier alpha value is -2.54. The third kappa shape index (κ3) is 2.46. The molecule has 2 aliphatic rings. The molecule has 2 aromatic carbocycles. The van der Waals surface area contributed by atoms with E-state index in [9.17, 15) is 14.0 Å². The monoisotopic (exact) mass is 402 g/mol.